The second-order valence-electron chi connectivity index (χ2n) is 8.85. The number of hydrogen-bond donors (Lipinski definition) is 0. The monoisotopic (exact) mass is 523 g/mol. The van der Waals surface area contributed by atoms with Crippen molar-refractivity contribution in [3.63, 3.8) is 0 Å². The third kappa shape index (κ3) is 5.29. The summed E-state index contributed by atoms with van der Waals surface area (Å²) in [5, 5.41) is 13.1. The van der Waals surface area contributed by atoms with Crippen molar-refractivity contribution in [3.05, 3.63) is 75.2 Å². The molecule has 2 aromatic carbocycles. The van der Waals surface area contributed by atoms with Crippen LogP contribution in [0.3, 0.4) is 0 Å². The first-order chi connectivity index (χ1) is 17.0. The molecule has 0 saturated carbocycles. The molecule has 35 heavy (non-hydrogen) atoms. The molecular formula is C26H26ClN5OS2. The van der Waals surface area contributed by atoms with Crippen LogP contribution in [0.5, 0.6) is 0 Å². The number of amides is 1. The zero-order valence-electron chi connectivity index (χ0n) is 19.6. The zero-order chi connectivity index (χ0) is 24.4. The molecule has 0 unspecified atom stereocenters. The van der Waals surface area contributed by atoms with Gasteiger partial charge in [0, 0.05) is 29.7 Å². The van der Waals surface area contributed by atoms with Crippen LogP contribution in [0.1, 0.15) is 40.8 Å². The van der Waals surface area contributed by atoms with Gasteiger partial charge in [0.1, 0.15) is 10.7 Å². The van der Waals surface area contributed by atoms with Crippen molar-refractivity contribution in [2.75, 3.05) is 13.1 Å². The van der Waals surface area contributed by atoms with Gasteiger partial charge in [-0.05, 0) is 49.9 Å². The van der Waals surface area contributed by atoms with Gasteiger partial charge in [-0.15, -0.1) is 21.5 Å². The summed E-state index contributed by atoms with van der Waals surface area (Å²) in [7, 11) is 0. The van der Waals surface area contributed by atoms with Crippen LogP contribution in [-0.2, 0) is 5.75 Å². The second-order valence-corrected chi connectivity index (χ2v) is 11.1. The normalized spacial score (nSPS) is 14.4. The van der Waals surface area contributed by atoms with Crippen molar-refractivity contribution in [3.8, 4) is 17.1 Å². The Labute approximate surface area is 218 Å². The standard InChI is InChI=1S/C26H26ClN5OS2/c1-17-7-9-19(10-8-17)32-24(20-5-3-4-6-21(20)27)29-30-26(32)35-16-23-28-22(15-34-23)25(33)31-13-11-18(2)12-14-31/h3-10,15,18H,11-14,16H2,1-2H3. The number of aromatic nitrogens is 4. The Balaban J connectivity index is 1.38. The van der Waals surface area contributed by atoms with E-state index >= 15 is 0 Å². The van der Waals surface area contributed by atoms with E-state index in [-0.39, 0.29) is 5.91 Å². The SMILES string of the molecule is Cc1ccc(-n2c(SCc3nc(C(=O)N4CCC(C)CC4)cs3)nnc2-c2ccccc2Cl)cc1. The summed E-state index contributed by atoms with van der Waals surface area (Å²) in [5.74, 6) is 2.01. The molecule has 3 heterocycles. The molecule has 5 rings (SSSR count). The number of carbonyl (C=O) groups is 1. The Bertz CT molecular complexity index is 1330. The smallest absolute Gasteiger partial charge is 0.273 e. The fourth-order valence-corrected chi connectivity index (χ4v) is 6.04. The van der Waals surface area contributed by atoms with Gasteiger partial charge in [-0.2, -0.15) is 0 Å². The van der Waals surface area contributed by atoms with Crippen molar-refractivity contribution in [2.45, 2.75) is 37.6 Å². The molecule has 2 aromatic heterocycles. The number of halogens is 1. The quantitative estimate of drug-likeness (QED) is 0.269. The van der Waals surface area contributed by atoms with E-state index in [9.17, 15) is 4.79 Å². The topological polar surface area (TPSA) is 63.9 Å². The third-order valence-corrected chi connectivity index (χ3v) is 8.51. The lowest BCUT2D eigenvalue weighted by molar-refractivity contribution is 0.0692. The largest absolute Gasteiger partial charge is 0.337 e. The highest BCUT2D eigenvalue weighted by Crippen LogP contribution is 2.33. The summed E-state index contributed by atoms with van der Waals surface area (Å²) in [6, 6.07) is 15.9. The Hall–Kier alpha value is -2.68. The molecule has 1 saturated heterocycles. The molecule has 180 valence electrons. The van der Waals surface area contributed by atoms with E-state index in [1.165, 1.54) is 16.9 Å². The molecular weight excluding hydrogens is 498 g/mol. The maximum Gasteiger partial charge on any atom is 0.273 e. The minimum absolute atomic E-state index is 0.0354. The highest BCUT2D eigenvalue weighted by molar-refractivity contribution is 7.98. The number of piperidine rings is 1. The average molecular weight is 524 g/mol. The Morgan fingerprint density at radius 2 is 1.86 bits per heavy atom. The van der Waals surface area contributed by atoms with Gasteiger partial charge < -0.3 is 4.90 Å². The van der Waals surface area contributed by atoms with Crippen LogP contribution in [0, 0.1) is 12.8 Å². The van der Waals surface area contributed by atoms with E-state index in [0.717, 1.165) is 47.3 Å². The minimum atomic E-state index is 0.0354. The predicted octanol–water partition coefficient (Wildman–Crippen LogP) is 6.52. The van der Waals surface area contributed by atoms with Crippen LogP contribution in [0.25, 0.3) is 17.1 Å². The maximum atomic E-state index is 12.9. The summed E-state index contributed by atoms with van der Waals surface area (Å²) < 4.78 is 2.03. The van der Waals surface area contributed by atoms with E-state index in [1.807, 2.05) is 39.1 Å². The fourth-order valence-electron chi connectivity index (χ4n) is 4.08. The van der Waals surface area contributed by atoms with E-state index in [4.69, 9.17) is 11.6 Å². The van der Waals surface area contributed by atoms with E-state index in [0.29, 0.717) is 28.2 Å². The molecule has 0 N–H and O–H groups in total. The molecule has 0 atom stereocenters. The number of benzene rings is 2. The Morgan fingerprint density at radius 3 is 2.60 bits per heavy atom. The first kappa shape index (κ1) is 24.0. The molecule has 1 fully saturated rings. The number of nitrogens with zero attached hydrogens (tertiary/aromatic N) is 5. The number of rotatable bonds is 6. The Kier molecular flexibility index (Phi) is 7.22. The van der Waals surface area contributed by atoms with Crippen LogP contribution < -0.4 is 0 Å². The summed E-state index contributed by atoms with van der Waals surface area (Å²) in [5.41, 5.74) is 3.51. The molecule has 0 spiro atoms. The molecule has 0 radical (unpaired) electrons. The van der Waals surface area contributed by atoms with Crippen LogP contribution >= 0.6 is 34.7 Å². The summed E-state index contributed by atoms with van der Waals surface area (Å²) in [4.78, 5) is 19.4. The average Bonchev–Trinajstić information content (AvgIpc) is 3.51. The number of thiazole rings is 1. The van der Waals surface area contributed by atoms with Crippen LogP contribution in [0.2, 0.25) is 5.02 Å². The first-order valence-corrected chi connectivity index (χ1v) is 13.9. The number of carbonyl (C=O) groups excluding carboxylic acids is 1. The van der Waals surface area contributed by atoms with Crippen LogP contribution in [0.15, 0.2) is 59.1 Å². The van der Waals surface area contributed by atoms with Crippen molar-refractivity contribution in [1.29, 1.82) is 0 Å². The highest BCUT2D eigenvalue weighted by Gasteiger charge is 2.24. The molecule has 1 aliphatic heterocycles. The third-order valence-electron chi connectivity index (χ3n) is 6.21. The van der Waals surface area contributed by atoms with E-state index in [2.05, 4.69) is 53.3 Å². The van der Waals surface area contributed by atoms with Gasteiger partial charge >= 0.3 is 0 Å². The summed E-state index contributed by atoms with van der Waals surface area (Å²) in [6.45, 7) is 5.93. The van der Waals surface area contributed by atoms with Gasteiger partial charge in [-0.1, -0.05) is 60.1 Å². The molecule has 9 heteroatoms. The lowest BCUT2D eigenvalue weighted by Crippen LogP contribution is -2.38. The number of aryl methyl sites for hydroxylation is 1. The van der Waals surface area contributed by atoms with Crippen molar-refractivity contribution in [2.24, 2.45) is 5.92 Å². The van der Waals surface area contributed by atoms with E-state index in [1.54, 1.807) is 11.8 Å². The summed E-state index contributed by atoms with van der Waals surface area (Å²) >= 11 is 9.56. The van der Waals surface area contributed by atoms with Gasteiger partial charge in [-0.25, -0.2) is 4.98 Å². The molecule has 0 bridgehead atoms. The predicted molar refractivity (Wildman–Crippen MR) is 143 cm³/mol. The molecule has 6 nitrogen and oxygen atoms in total. The van der Waals surface area contributed by atoms with Gasteiger partial charge in [0.15, 0.2) is 11.0 Å². The number of thioether (sulfide) groups is 1. The summed E-state index contributed by atoms with van der Waals surface area (Å²) in [6.07, 6.45) is 2.11. The van der Waals surface area contributed by atoms with Crippen LogP contribution in [0.4, 0.5) is 0 Å². The lowest BCUT2D eigenvalue weighted by Gasteiger charge is -2.29. The first-order valence-electron chi connectivity index (χ1n) is 11.6. The van der Waals surface area contributed by atoms with Gasteiger partial charge in [-0.3, -0.25) is 9.36 Å². The zero-order valence-corrected chi connectivity index (χ0v) is 22.0. The minimum Gasteiger partial charge on any atom is -0.337 e. The molecule has 0 aliphatic carbocycles. The molecule has 1 amide bonds. The van der Waals surface area contributed by atoms with Gasteiger partial charge in [0.2, 0.25) is 0 Å². The van der Waals surface area contributed by atoms with Crippen molar-refractivity contribution >= 4 is 40.6 Å². The lowest BCUT2D eigenvalue weighted by atomic mass is 9.99. The second kappa shape index (κ2) is 10.5. The number of likely N-dealkylation sites (tertiary alicyclic amines) is 1. The van der Waals surface area contributed by atoms with Crippen molar-refractivity contribution in [1.82, 2.24) is 24.6 Å². The fraction of sp³-hybridized carbons (Fsp3) is 0.308. The highest BCUT2D eigenvalue weighted by atomic mass is 35.5. The van der Waals surface area contributed by atoms with E-state index < -0.39 is 0 Å². The molecule has 4 aromatic rings. The molecule has 1 aliphatic rings. The van der Waals surface area contributed by atoms with Crippen LogP contribution in [-0.4, -0.2) is 43.6 Å². The van der Waals surface area contributed by atoms with Crippen molar-refractivity contribution < 1.29 is 4.79 Å². The van der Waals surface area contributed by atoms with Gasteiger partial charge in [0.25, 0.3) is 5.91 Å². The van der Waals surface area contributed by atoms with Gasteiger partial charge in [0.05, 0.1) is 10.8 Å². The maximum absolute atomic E-state index is 12.9. The number of hydrogen-bond acceptors (Lipinski definition) is 6. The Morgan fingerprint density at radius 1 is 1.11 bits per heavy atom.